The first-order valence-corrected chi connectivity index (χ1v) is 21.0. The average Bonchev–Trinajstić information content (AvgIpc) is 3.92. The lowest BCUT2D eigenvalue weighted by Crippen LogP contribution is -2.53. The van der Waals surface area contributed by atoms with Gasteiger partial charge in [0.05, 0.1) is 76.3 Å². The van der Waals surface area contributed by atoms with Crippen LogP contribution in [0, 0.1) is 17.5 Å². The van der Waals surface area contributed by atoms with Crippen molar-refractivity contribution in [2.75, 3.05) is 65.9 Å². The van der Waals surface area contributed by atoms with Crippen molar-refractivity contribution < 1.29 is 101 Å². The summed E-state index contributed by atoms with van der Waals surface area (Å²) < 4.78 is 101. The van der Waals surface area contributed by atoms with Gasteiger partial charge in [0, 0.05) is 57.4 Å². The third kappa shape index (κ3) is 15.8. The first kappa shape index (κ1) is 56.1. The summed E-state index contributed by atoms with van der Waals surface area (Å²) in [6, 6.07) is -0.129. The molecule has 1 unspecified atom stereocenters. The van der Waals surface area contributed by atoms with Crippen molar-refractivity contribution in [3.8, 4) is 0 Å². The fraction of sp³-hybridized carbons (Fsp3) is 0.667. The van der Waals surface area contributed by atoms with Gasteiger partial charge in [-0.25, -0.2) is 27.6 Å². The molecule has 1 amide bonds. The molecule has 3 heterocycles. The van der Waals surface area contributed by atoms with Gasteiger partial charge >= 0.3 is 12.1 Å². The van der Waals surface area contributed by atoms with Gasteiger partial charge in [-0.05, 0) is 18.1 Å². The van der Waals surface area contributed by atoms with Gasteiger partial charge in [-0.3, -0.25) is 9.69 Å². The highest BCUT2D eigenvalue weighted by molar-refractivity contribution is 5.89. The highest BCUT2D eigenvalue weighted by atomic mass is 19.4. The quantitative estimate of drug-likeness (QED) is 0.0142. The van der Waals surface area contributed by atoms with Crippen LogP contribution in [0.1, 0.15) is 39.7 Å². The van der Waals surface area contributed by atoms with Crippen LogP contribution in [0.4, 0.5) is 26.3 Å². The Morgan fingerprint density at radius 2 is 1.34 bits per heavy atom. The summed E-state index contributed by atoms with van der Waals surface area (Å²) in [6.07, 6.45) is -19.5. The summed E-state index contributed by atoms with van der Waals surface area (Å²) >= 11 is 0. The van der Waals surface area contributed by atoms with Crippen LogP contribution in [-0.4, -0.2) is 218 Å². The molecule has 0 fully saturated rings. The number of carbonyl (C=O) groups is 2. The van der Waals surface area contributed by atoms with Crippen molar-refractivity contribution in [2.45, 2.75) is 100 Å². The van der Waals surface area contributed by atoms with Gasteiger partial charge < -0.3 is 80.5 Å². The molecular weight excluding hydrogens is 934 g/mol. The summed E-state index contributed by atoms with van der Waals surface area (Å²) in [5.41, 5.74) is 4.96. The first-order valence-electron chi connectivity index (χ1n) is 21.0. The molecule has 23 nitrogen and oxygen atoms in total. The number of rotatable bonds is 28. The Morgan fingerprint density at radius 3 is 1.93 bits per heavy atom. The summed E-state index contributed by atoms with van der Waals surface area (Å²) in [6.45, 7) is -4.70. The highest BCUT2D eigenvalue weighted by Gasteiger charge is 2.42. The van der Waals surface area contributed by atoms with Crippen LogP contribution in [0.15, 0.2) is 18.3 Å². The number of halogens is 6. The molecule has 9 atom stereocenters. The van der Waals surface area contributed by atoms with Crippen molar-refractivity contribution in [1.82, 2.24) is 34.3 Å². The SMILES string of the molecule is NC(CC(=O)N1CCn2c(C(F)(F)F)nc(C(=O)OCCOCCOCCn3cc(CN(C[C@H](O)[C@@H](O)[C@H](O)[C@H](O)CO)C[C@H](O)[C@@H](O)[C@H](O)[C@H](O)CO)nn3)c2C1)Cc1cc(F)c(F)cc1F. The van der Waals surface area contributed by atoms with Crippen molar-refractivity contribution in [1.29, 1.82) is 0 Å². The number of imidazole rings is 1. The molecule has 0 radical (unpaired) electrons. The number of carbonyl (C=O) groups excluding carboxylic acids is 2. The van der Waals surface area contributed by atoms with E-state index in [1.165, 1.54) is 15.8 Å². The van der Waals surface area contributed by atoms with Gasteiger partial charge in [-0.1, -0.05) is 5.21 Å². The van der Waals surface area contributed by atoms with Crippen molar-refractivity contribution in [3.05, 3.63) is 64.3 Å². The summed E-state index contributed by atoms with van der Waals surface area (Å²) in [5.74, 6) is -7.08. The first-order chi connectivity index (χ1) is 32.1. The molecule has 12 N–H and O–H groups in total. The number of hydrogen-bond acceptors (Lipinski definition) is 20. The zero-order chi connectivity index (χ0) is 50.5. The number of esters is 1. The molecule has 2 aromatic heterocycles. The second kappa shape index (κ2) is 25.9. The van der Waals surface area contributed by atoms with Gasteiger partial charge in [0.2, 0.25) is 11.7 Å². The molecule has 29 heteroatoms. The van der Waals surface area contributed by atoms with E-state index in [0.29, 0.717) is 12.1 Å². The summed E-state index contributed by atoms with van der Waals surface area (Å²) in [7, 11) is 0. The van der Waals surface area contributed by atoms with E-state index in [1.807, 2.05) is 0 Å². The maximum absolute atomic E-state index is 14.1. The second-order valence-electron chi connectivity index (χ2n) is 15.8. The van der Waals surface area contributed by atoms with Crippen molar-refractivity contribution in [3.63, 3.8) is 0 Å². The predicted octanol–water partition coefficient (Wildman–Crippen LogP) is -4.22. The van der Waals surface area contributed by atoms with E-state index in [1.54, 1.807) is 0 Å². The molecule has 0 saturated heterocycles. The number of fused-ring (bicyclic) bond motifs is 1. The fourth-order valence-electron chi connectivity index (χ4n) is 6.96. The second-order valence-corrected chi connectivity index (χ2v) is 15.8. The molecule has 0 spiro atoms. The maximum atomic E-state index is 14.1. The Hall–Kier alpha value is -4.47. The van der Waals surface area contributed by atoms with Crippen LogP contribution in [-0.2, 0) is 57.8 Å². The number of nitrogens with two attached hydrogens (primary N) is 1. The number of amides is 1. The minimum Gasteiger partial charge on any atom is -0.458 e. The Labute approximate surface area is 383 Å². The molecule has 384 valence electrons. The van der Waals surface area contributed by atoms with Crippen LogP contribution in [0.25, 0.3) is 0 Å². The number of nitrogens with zero attached hydrogens (tertiary/aromatic N) is 7. The number of aliphatic hydroxyl groups is 10. The van der Waals surface area contributed by atoms with Crippen LogP contribution < -0.4 is 5.73 Å². The van der Waals surface area contributed by atoms with Crippen molar-refractivity contribution >= 4 is 11.9 Å². The van der Waals surface area contributed by atoms with Crippen molar-refractivity contribution in [2.24, 2.45) is 5.73 Å². The van der Waals surface area contributed by atoms with E-state index in [0.717, 1.165) is 9.47 Å². The Kier molecular flexibility index (Phi) is 21.4. The standard InChI is InChI=1S/C39H56F6N8O15/c40-23-12-25(42)24(41)10-20(23)9-21(46)11-31(60)51-1-2-53-26(15-51)32(47-38(53)39(43,44)45)37(65)68-8-7-67-6-5-66-4-3-52-14-22(48-49-52)13-50(16-27(56)33(61)35(63)29(58)18-54)17-28(57)34(62)36(64)30(59)19-55/h10,12,14,21,27-30,33-36,54-59,61-64H,1-9,11,13,15-19,46H2/t21?,27-,28-,29+,30+,33+,34+,35+,36+/m0/s1. The van der Waals surface area contributed by atoms with Gasteiger partial charge in [0.15, 0.2) is 17.3 Å². The van der Waals surface area contributed by atoms with Gasteiger partial charge in [0.25, 0.3) is 0 Å². The van der Waals surface area contributed by atoms with Crippen LogP contribution >= 0.6 is 0 Å². The topological polar surface area (TPSA) is 345 Å². The molecule has 1 aliphatic heterocycles. The zero-order valence-corrected chi connectivity index (χ0v) is 36.2. The van der Waals surface area contributed by atoms with E-state index in [-0.39, 0.29) is 69.4 Å². The van der Waals surface area contributed by atoms with Crippen LogP contribution in [0.2, 0.25) is 0 Å². The number of aliphatic hydroxyl groups excluding tert-OH is 10. The lowest BCUT2D eigenvalue weighted by molar-refractivity contribution is -0.148. The fourth-order valence-corrected chi connectivity index (χ4v) is 6.96. The van der Waals surface area contributed by atoms with E-state index in [4.69, 9.17) is 30.2 Å². The van der Waals surface area contributed by atoms with E-state index in [2.05, 4.69) is 15.3 Å². The molecule has 4 rings (SSSR count). The Morgan fingerprint density at radius 1 is 0.779 bits per heavy atom. The monoisotopic (exact) mass is 990 g/mol. The summed E-state index contributed by atoms with van der Waals surface area (Å²) in [5, 5.41) is 107. The lowest BCUT2D eigenvalue weighted by Gasteiger charge is -2.33. The lowest BCUT2D eigenvalue weighted by atomic mass is 10.0. The maximum Gasteiger partial charge on any atom is 0.449 e. The minimum absolute atomic E-state index is 0.0180. The Balaban J connectivity index is 1.22. The number of aromatic nitrogens is 5. The number of benzene rings is 1. The van der Waals surface area contributed by atoms with Gasteiger partial charge in [-0.2, -0.15) is 13.2 Å². The molecule has 0 aliphatic carbocycles. The molecule has 3 aromatic rings. The molecule has 0 saturated carbocycles. The Bertz CT molecular complexity index is 2040. The number of ether oxygens (including phenoxy) is 3. The van der Waals surface area contributed by atoms with Gasteiger partial charge in [0.1, 0.15) is 49.0 Å². The molecule has 1 aromatic carbocycles. The van der Waals surface area contributed by atoms with E-state index < -0.39 is 154 Å². The highest BCUT2D eigenvalue weighted by Crippen LogP contribution is 2.33. The largest absolute Gasteiger partial charge is 0.458 e. The molecule has 0 bridgehead atoms. The number of hydrogen-bond donors (Lipinski definition) is 11. The van der Waals surface area contributed by atoms with Gasteiger partial charge in [-0.15, -0.1) is 5.10 Å². The summed E-state index contributed by atoms with van der Waals surface area (Å²) in [4.78, 5) is 31.9. The van der Waals surface area contributed by atoms with Crippen LogP contribution in [0.5, 0.6) is 0 Å². The third-order valence-corrected chi connectivity index (χ3v) is 10.6. The molecule has 1 aliphatic rings. The normalized spacial score (nSPS) is 17.3. The number of alkyl halides is 3. The van der Waals surface area contributed by atoms with E-state index >= 15 is 0 Å². The molecule has 68 heavy (non-hydrogen) atoms. The zero-order valence-electron chi connectivity index (χ0n) is 36.2. The third-order valence-electron chi connectivity index (χ3n) is 10.6. The van der Waals surface area contributed by atoms with E-state index in [9.17, 15) is 76.8 Å². The minimum atomic E-state index is -4.97. The molecular formula is C39H56F6N8O15. The smallest absolute Gasteiger partial charge is 0.449 e. The predicted molar refractivity (Wildman–Crippen MR) is 215 cm³/mol. The average molecular weight is 991 g/mol. The van der Waals surface area contributed by atoms with Crippen LogP contribution in [0.3, 0.4) is 0 Å².